The summed E-state index contributed by atoms with van der Waals surface area (Å²) in [5.41, 5.74) is -0.267. The fraction of sp³-hybridized carbons (Fsp3) is 0.476. The highest BCUT2D eigenvalue weighted by molar-refractivity contribution is 5.92. The predicted octanol–water partition coefficient (Wildman–Crippen LogP) is 0.973. The van der Waals surface area contributed by atoms with Gasteiger partial charge in [0.1, 0.15) is 25.2 Å². The Morgan fingerprint density at radius 3 is 2.16 bits per heavy atom. The Labute approximate surface area is 185 Å². The molecular weight excluding hydrogens is 422 g/mol. The first-order chi connectivity index (χ1) is 14.8. The van der Waals surface area contributed by atoms with E-state index in [0.29, 0.717) is 0 Å². The van der Waals surface area contributed by atoms with E-state index >= 15 is 0 Å². The molecule has 0 saturated carbocycles. The second kappa shape index (κ2) is 11.7. The maximum absolute atomic E-state index is 12.9. The van der Waals surface area contributed by atoms with Gasteiger partial charge in [0.2, 0.25) is 11.8 Å². The van der Waals surface area contributed by atoms with E-state index in [-0.39, 0.29) is 6.61 Å². The molecule has 0 saturated heterocycles. The van der Waals surface area contributed by atoms with E-state index in [1.165, 1.54) is 6.92 Å². The zero-order valence-electron chi connectivity index (χ0n) is 18.5. The third kappa shape index (κ3) is 8.62. The van der Waals surface area contributed by atoms with Gasteiger partial charge in [0.25, 0.3) is 0 Å². The van der Waals surface area contributed by atoms with Crippen LogP contribution in [-0.4, -0.2) is 69.1 Å². The predicted molar refractivity (Wildman–Crippen MR) is 113 cm³/mol. The number of rotatable bonds is 10. The summed E-state index contributed by atoms with van der Waals surface area (Å²) in [5, 5.41) is 23.1. The smallest absolute Gasteiger partial charge is 0.407 e. The van der Waals surface area contributed by atoms with Crippen LogP contribution in [0.2, 0.25) is 0 Å². The van der Waals surface area contributed by atoms with E-state index in [1.807, 2.05) is 6.07 Å². The lowest BCUT2D eigenvalue weighted by Gasteiger charge is -2.40. The van der Waals surface area contributed by atoms with Crippen LogP contribution in [0.5, 0.6) is 0 Å². The number of carbonyl (C=O) groups is 5. The Kier molecular flexibility index (Phi) is 9.64. The van der Waals surface area contributed by atoms with Crippen molar-refractivity contribution in [3.8, 4) is 0 Å². The van der Waals surface area contributed by atoms with Crippen LogP contribution in [-0.2, 0) is 30.5 Å². The lowest BCUT2D eigenvalue weighted by atomic mass is 9.99. The third-order valence-corrected chi connectivity index (χ3v) is 4.28. The van der Waals surface area contributed by atoms with Gasteiger partial charge >= 0.3 is 18.0 Å². The van der Waals surface area contributed by atoms with E-state index in [9.17, 15) is 29.1 Å². The van der Waals surface area contributed by atoms with Gasteiger partial charge in [-0.2, -0.15) is 0 Å². The first-order valence-corrected chi connectivity index (χ1v) is 9.84. The number of hydrogen-bond donors (Lipinski definition) is 4. The molecule has 1 aromatic rings. The zero-order chi connectivity index (χ0) is 24.5. The van der Waals surface area contributed by atoms with Crippen LogP contribution in [0.15, 0.2) is 30.3 Å². The zero-order valence-corrected chi connectivity index (χ0v) is 18.5. The lowest BCUT2D eigenvalue weighted by Crippen LogP contribution is -2.60. The van der Waals surface area contributed by atoms with E-state index < -0.39 is 60.4 Å². The van der Waals surface area contributed by atoms with Crippen molar-refractivity contribution in [3.63, 3.8) is 0 Å². The number of nitrogens with zero attached hydrogens (tertiary/aromatic N) is 1. The van der Waals surface area contributed by atoms with Crippen LogP contribution >= 0.6 is 0 Å². The normalized spacial score (nSPS) is 12.8. The van der Waals surface area contributed by atoms with Crippen molar-refractivity contribution in [2.45, 2.75) is 58.3 Å². The highest BCUT2D eigenvalue weighted by atomic mass is 16.5. The number of amides is 3. The summed E-state index contributed by atoms with van der Waals surface area (Å²) in [6.45, 7) is 5.55. The number of aliphatic carboxylic acids is 2. The number of benzene rings is 1. The monoisotopic (exact) mass is 451 g/mol. The standard InChI is InChI=1S/C21H29N3O8/c1-13(18(28)24(21(2,3)4)15(19(29)30)10-17(26)27)23-16(25)11-22-20(31)32-12-14-8-6-5-7-9-14/h5-9,13,15H,10-12H2,1-4H3,(H,22,31)(H,23,25)(H,26,27)(H,29,30)/t13-,15-/m0/s1. The fourth-order valence-corrected chi connectivity index (χ4v) is 2.90. The highest BCUT2D eigenvalue weighted by Gasteiger charge is 2.40. The van der Waals surface area contributed by atoms with Crippen molar-refractivity contribution in [2.75, 3.05) is 6.54 Å². The van der Waals surface area contributed by atoms with Crippen molar-refractivity contribution in [3.05, 3.63) is 35.9 Å². The summed E-state index contributed by atoms with van der Waals surface area (Å²) < 4.78 is 4.98. The van der Waals surface area contributed by atoms with Crippen molar-refractivity contribution in [1.29, 1.82) is 0 Å². The van der Waals surface area contributed by atoms with E-state index in [4.69, 9.17) is 9.84 Å². The molecule has 176 valence electrons. The SMILES string of the molecule is C[C@H](NC(=O)CNC(=O)OCc1ccccc1)C(=O)N([C@@H](CC(=O)O)C(=O)O)C(C)(C)C. The molecule has 0 bridgehead atoms. The average molecular weight is 451 g/mol. The second-order valence-electron chi connectivity index (χ2n) is 8.04. The van der Waals surface area contributed by atoms with Gasteiger partial charge in [-0.15, -0.1) is 0 Å². The number of carboxylic acids is 2. The van der Waals surface area contributed by atoms with Crippen molar-refractivity contribution in [1.82, 2.24) is 15.5 Å². The highest BCUT2D eigenvalue weighted by Crippen LogP contribution is 2.21. The van der Waals surface area contributed by atoms with E-state index in [2.05, 4.69) is 10.6 Å². The number of nitrogens with one attached hydrogen (secondary N) is 2. The first-order valence-electron chi connectivity index (χ1n) is 9.84. The number of hydrogen-bond acceptors (Lipinski definition) is 6. The molecule has 0 aliphatic carbocycles. The maximum Gasteiger partial charge on any atom is 0.407 e. The minimum atomic E-state index is -1.62. The minimum absolute atomic E-state index is 0.0177. The molecule has 11 nitrogen and oxygen atoms in total. The second-order valence-corrected chi connectivity index (χ2v) is 8.04. The number of carbonyl (C=O) groups excluding carboxylic acids is 3. The quantitative estimate of drug-likeness (QED) is 0.409. The third-order valence-electron chi connectivity index (χ3n) is 4.28. The molecule has 11 heteroatoms. The summed E-state index contributed by atoms with van der Waals surface area (Å²) >= 11 is 0. The first kappa shape index (κ1) is 26.4. The van der Waals surface area contributed by atoms with Gasteiger partial charge in [0.15, 0.2) is 0 Å². The minimum Gasteiger partial charge on any atom is -0.481 e. The molecular formula is C21H29N3O8. The Morgan fingerprint density at radius 1 is 1.06 bits per heavy atom. The van der Waals surface area contributed by atoms with Gasteiger partial charge in [-0.1, -0.05) is 30.3 Å². The van der Waals surface area contributed by atoms with Crippen LogP contribution in [0.4, 0.5) is 4.79 Å². The van der Waals surface area contributed by atoms with Crippen molar-refractivity contribution >= 4 is 29.8 Å². The Bertz CT molecular complexity index is 835. The molecule has 32 heavy (non-hydrogen) atoms. The molecule has 0 unspecified atom stereocenters. The summed E-state index contributed by atoms with van der Waals surface area (Å²) in [4.78, 5) is 60.4. The Morgan fingerprint density at radius 2 is 1.66 bits per heavy atom. The van der Waals surface area contributed by atoms with Crippen molar-refractivity contribution < 1.29 is 38.9 Å². The molecule has 3 amide bonds. The molecule has 0 aliphatic rings. The van der Waals surface area contributed by atoms with Gasteiger partial charge in [-0.25, -0.2) is 9.59 Å². The topological polar surface area (TPSA) is 162 Å². The molecule has 0 heterocycles. The number of alkyl carbamates (subject to hydrolysis) is 1. The van der Waals surface area contributed by atoms with Crippen LogP contribution in [0.25, 0.3) is 0 Å². The Balaban J connectivity index is 2.68. The van der Waals surface area contributed by atoms with E-state index in [0.717, 1.165) is 10.5 Å². The van der Waals surface area contributed by atoms with Crippen LogP contribution in [0.1, 0.15) is 39.7 Å². The largest absolute Gasteiger partial charge is 0.481 e. The Hall–Kier alpha value is -3.63. The molecule has 1 aromatic carbocycles. The maximum atomic E-state index is 12.9. The number of carboxylic acid groups (broad SMARTS) is 2. The number of ether oxygens (including phenoxy) is 1. The average Bonchev–Trinajstić information content (AvgIpc) is 2.69. The molecule has 0 spiro atoms. The van der Waals surface area contributed by atoms with Crippen LogP contribution in [0, 0.1) is 0 Å². The van der Waals surface area contributed by atoms with Gasteiger partial charge in [-0.05, 0) is 33.3 Å². The summed E-state index contributed by atoms with van der Waals surface area (Å²) in [7, 11) is 0. The fourth-order valence-electron chi connectivity index (χ4n) is 2.90. The van der Waals surface area contributed by atoms with Gasteiger partial charge in [0.05, 0.1) is 6.42 Å². The van der Waals surface area contributed by atoms with Crippen molar-refractivity contribution in [2.24, 2.45) is 0 Å². The molecule has 1 rings (SSSR count). The van der Waals surface area contributed by atoms with Crippen LogP contribution in [0.3, 0.4) is 0 Å². The molecule has 4 N–H and O–H groups in total. The molecule has 2 atom stereocenters. The lowest BCUT2D eigenvalue weighted by molar-refractivity contribution is -0.160. The van der Waals surface area contributed by atoms with Gasteiger partial charge in [0, 0.05) is 5.54 Å². The molecule has 0 aliphatic heterocycles. The van der Waals surface area contributed by atoms with Gasteiger partial charge in [-0.3, -0.25) is 14.4 Å². The summed E-state index contributed by atoms with van der Waals surface area (Å²) in [6, 6.07) is 6.14. The molecule has 0 aromatic heterocycles. The molecule has 0 radical (unpaired) electrons. The van der Waals surface area contributed by atoms with E-state index in [1.54, 1.807) is 45.0 Å². The summed E-state index contributed by atoms with van der Waals surface area (Å²) in [6.07, 6.45) is -1.62. The summed E-state index contributed by atoms with van der Waals surface area (Å²) in [5.74, 6) is -4.33. The van der Waals surface area contributed by atoms with Crippen LogP contribution < -0.4 is 10.6 Å². The van der Waals surface area contributed by atoms with Gasteiger partial charge < -0.3 is 30.5 Å². The molecule has 0 fully saturated rings.